The van der Waals surface area contributed by atoms with E-state index in [0.717, 1.165) is 16.6 Å². The van der Waals surface area contributed by atoms with Gasteiger partial charge in [-0.2, -0.15) is 0 Å². The van der Waals surface area contributed by atoms with Crippen molar-refractivity contribution in [1.29, 1.82) is 0 Å². The largest absolute Gasteiger partial charge is 0.346 e. The van der Waals surface area contributed by atoms with E-state index in [4.69, 9.17) is 0 Å². The Bertz CT molecular complexity index is 504. The van der Waals surface area contributed by atoms with Crippen molar-refractivity contribution in [3.8, 4) is 0 Å². The second-order valence-corrected chi connectivity index (χ2v) is 3.09. The minimum atomic E-state index is -0.611. The zero-order valence-corrected chi connectivity index (χ0v) is 7.86. The lowest BCUT2D eigenvalue weighted by molar-refractivity contribution is -0.131. The first-order valence-corrected chi connectivity index (χ1v) is 4.44. The van der Waals surface area contributed by atoms with Gasteiger partial charge in [-0.1, -0.05) is 6.07 Å². The number of amides is 1. The molecule has 76 valence electrons. The Morgan fingerprint density at radius 1 is 1.53 bits per heavy atom. The van der Waals surface area contributed by atoms with Crippen LogP contribution in [0.4, 0.5) is 0 Å². The summed E-state index contributed by atoms with van der Waals surface area (Å²) in [6.07, 6.45) is 1.87. The Morgan fingerprint density at radius 2 is 2.40 bits per heavy atom. The monoisotopic (exact) mass is 203 g/mol. The minimum Gasteiger partial charge on any atom is -0.346 e. The maximum atomic E-state index is 10.7. The van der Waals surface area contributed by atoms with Crippen LogP contribution in [0.1, 0.15) is 5.56 Å². The molecule has 0 unspecified atom stereocenters. The van der Waals surface area contributed by atoms with Gasteiger partial charge < -0.3 is 10.3 Å². The van der Waals surface area contributed by atoms with E-state index in [0.29, 0.717) is 6.54 Å². The topological polar surface area (TPSA) is 74.8 Å². The third kappa shape index (κ3) is 2.01. The van der Waals surface area contributed by atoms with Gasteiger partial charge in [-0.25, -0.2) is 4.98 Å². The molecule has 1 heterocycles. The van der Waals surface area contributed by atoms with Crippen LogP contribution in [0.5, 0.6) is 0 Å². The molecule has 2 aromatic rings. The van der Waals surface area contributed by atoms with Crippen LogP contribution < -0.4 is 5.32 Å². The summed E-state index contributed by atoms with van der Waals surface area (Å²) >= 11 is 0. The summed E-state index contributed by atoms with van der Waals surface area (Å²) < 4.78 is 0. The lowest BCUT2D eigenvalue weighted by Crippen LogP contribution is -2.23. The molecule has 15 heavy (non-hydrogen) atoms. The van der Waals surface area contributed by atoms with E-state index in [2.05, 4.69) is 15.3 Å². The third-order valence-electron chi connectivity index (χ3n) is 2.06. The molecule has 1 amide bonds. The number of benzene rings is 1. The molecule has 1 aromatic carbocycles. The van der Waals surface area contributed by atoms with Crippen molar-refractivity contribution in [2.45, 2.75) is 6.54 Å². The van der Waals surface area contributed by atoms with Crippen molar-refractivity contribution in [2.24, 2.45) is 0 Å². The molecule has 0 radical (unpaired) electrons. The summed E-state index contributed by atoms with van der Waals surface area (Å²) in [5.41, 5.74) is 2.70. The lowest BCUT2D eigenvalue weighted by Gasteiger charge is -2.01. The molecular weight excluding hydrogens is 194 g/mol. The Kier molecular flexibility index (Phi) is 2.45. The molecule has 0 aliphatic carbocycles. The van der Waals surface area contributed by atoms with Gasteiger partial charge in [-0.3, -0.25) is 9.59 Å². The van der Waals surface area contributed by atoms with E-state index in [9.17, 15) is 9.59 Å². The first kappa shape index (κ1) is 9.39. The highest BCUT2D eigenvalue weighted by atomic mass is 16.2. The molecule has 0 aliphatic rings. The number of aromatic amines is 1. The van der Waals surface area contributed by atoms with Crippen molar-refractivity contribution in [3.63, 3.8) is 0 Å². The molecule has 0 saturated heterocycles. The second kappa shape index (κ2) is 3.91. The standard InChI is InChI=1S/C10H9N3O2/c14-5-10(15)11-4-7-1-2-8-9(3-7)13-6-12-8/h1-3,5-6H,4H2,(H,11,15)(H,12,13). The normalized spacial score (nSPS) is 10.1. The summed E-state index contributed by atoms with van der Waals surface area (Å²) in [5, 5.41) is 2.46. The molecule has 0 bridgehead atoms. The lowest BCUT2D eigenvalue weighted by atomic mass is 10.2. The number of fused-ring (bicyclic) bond motifs is 1. The highest BCUT2D eigenvalue weighted by molar-refractivity contribution is 6.23. The van der Waals surface area contributed by atoms with Crippen molar-refractivity contribution >= 4 is 23.2 Å². The first-order chi connectivity index (χ1) is 7.29. The van der Waals surface area contributed by atoms with E-state index in [1.807, 2.05) is 18.2 Å². The Morgan fingerprint density at radius 3 is 3.20 bits per heavy atom. The molecule has 1 aromatic heterocycles. The van der Waals surface area contributed by atoms with Crippen molar-refractivity contribution < 1.29 is 9.59 Å². The van der Waals surface area contributed by atoms with Crippen molar-refractivity contribution in [2.75, 3.05) is 0 Å². The van der Waals surface area contributed by atoms with Crippen LogP contribution in [0.15, 0.2) is 24.5 Å². The molecular formula is C10H9N3O2. The predicted molar refractivity (Wildman–Crippen MR) is 54.0 cm³/mol. The third-order valence-corrected chi connectivity index (χ3v) is 2.06. The number of aldehydes is 1. The second-order valence-electron chi connectivity index (χ2n) is 3.09. The molecule has 5 heteroatoms. The van der Waals surface area contributed by atoms with Gasteiger partial charge in [0.1, 0.15) is 0 Å². The van der Waals surface area contributed by atoms with E-state index in [-0.39, 0.29) is 6.29 Å². The number of carbonyl (C=O) groups excluding carboxylic acids is 2. The number of nitrogens with zero attached hydrogens (tertiary/aromatic N) is 1. The highest BCUT2D eigenvalue weighted by Gasteiger charge is 2.00. The van der Waals surface area contributed by atoms with Crippen molar-refractivity contribution in [1.82, 2.24) is 15.3 Å². The average Bonchev–Trinajstić information content (AvgIpc) is 2.72. The zero-order valence-electron chi connectivity index (χ0n) is 7.86. The van der Waals surface area contributed by atoms with Gasteiger partial charge in [0.15, 0.2) is 0 Å². The van der Waals surface area contributed by atoms with E-state index < -0.39 is 5.91 Å². The summed E-state index contributed by atoms with van der Waals surface area (Å²) in [7, 11) is 0. The maximum absolute atomic E-state index is 10.7. The van der Waals surface area contributed by atoms with Gasteiger partial charge in [0.05, 0.1) is 17.4 Å². The molecule has 0 saturated carbocycles. The Hall–Kier alpha value is -2.17. The Balaban J connectivity index is 2.14. The first-order valence-electron chi connectivity index (χ1n) is 4.44. The number of hydrogen-bond acceptors (Lipinski definition) is 3. The summed E-state index contributed by atoms with van der Waals surface area (Å²) in [6, 6.07) is 5.59. The Labute approximate surface area is 85.5 Å². The SMILES string of the molecule is O=CC(=O)NCc1ccc2nc[nH]c2c1. The number of imidazole rings is 1. The van der Waals surface area contributed by atoms with Crippen LogP contribution in [0.25, 0.3) is 11.0 Å². The van der Waals surface area contributed by atoms with Gasteiger partial charge >= 0.3 is 0 Å². The van der Waals surface area contributed by atoms with Crippen LogP contribution in [0.2, 0.25) is 0 Å². The van der Waals surface area contributed by atoms with E-state index >= 15 is 0 Å². The molecule has 2 N–H and O–H groups in total. The molecule has 2 rings (SSSR count). The van der Waals surface area contributed by atoms with Gasteiger partial charge in [0.2, 0.25) is 6.29 Å². The zero-order chi connectivity index (χ0) is 10.7. The van der Waals surface area contributed by atoms with Gasteiger partial charge in [-0.05, 0) is 17.7 Å². The fourth-order valence-corrected chi connectivity index (χ4v) is 1.32. The van der Waals surface area contributed by atoms with Crippen molar-refractivity contribution in [3.05, 3.63) is 30.1 Å². The van der Waals surface area contributed by atoms with Crippen LogP contribution in [-0.4, -0.2) is 22.2 Å². The molecule has 0 aliphatic heterocycles. The number of aromatic nitrogens is 2. The summed E-state index contributed by atoms with van der Waals surface area (Å²) in [6.45, 7) is 0.340. The molecule has 0 fully saturated rings. The minimum absolute atomic E-state index is 0.259. The van der Waals surface area contributed by atoms with Gasteiger partial charge in [0.25, 0.3) is 5.91 Å². The maximum Gasteiger partial charge on any atom is 0.284 e. The van der Waals surface area contributed by atoms with Gasteiger partial charge in [0, 0.05) is 6.54 Å². The van der Waals surface area contributed by atoms with Crippen LogP contribution in [0, 0.1) is 0 Å². The van der Waals surface area contributed by atoms with Crippen LogP contribution in [-0.2, 0) is 16.1 Å². The fraction of sp³-hybridized carbons (Fsp3) is 0.100. The molecule has 0 spiro atoms. The number of hydrogen-bond donors (Lipinski definition) is 2. The highest BCUT2D eigenvalue weighted by Crippen LogP contribution is 2.11. The molecule has 5 nitrogen and oxygen atoms in total. The number of H-pyrrole nitrogens is 1. The number of carbonyl (C=O) groups is 2. The predicted octanol–water partition coefficient (Wildman–Crippen LogP) is 0.378. The number of nitrogens with one attached hydrogen (secondary N) is 2. The quantitative estimate of drug-likeness (QED) is 0.559. The number of rotatable bonds is 3. The van der Waals surface area contributed by atoms with Crippen LogP contribution in [0.3, 0.4) is 0 Å². The summed E-state index contributed by atoms with van der Waals surface area (Å²) in [5.74, 6) is -0.611. The fourth-order valence-electron chi connectivity index (χ4n) is 1.32. The van der Waals surface area contributed by atoms with E-state index in [1.165, 1.54) is 0 Å². The van der Waals surface area contributed by atoms with Gasteiger partial charge in [-0.15, -0.1) is 0 Å². The molecule has 0 atom stereocenters. The smallest absolute Gasteiger partial charge is 0.284 e. The summed E-state index contributed by atoms with van der Waals surface area (Å²) in [4.78, 5) is 27.8. The average molecular weight is 203 g/mol. The van der Waals surface area contributed by atoms with E-state index in [1.54, 1.807) is 6.33 Å². The van der Waals surface area contributed by atoms with Crippen LogP contribution >= 0.6 is 0 Å².